The molecule has 0 aromatic rings. The Morgan fingerprint density at radius 3 is 2.67 bits per heavy atom. The smallest absolute Gasteiger partial charge is 0.0519 e. The summed E-state index contributed by atoms with van der Waals surface area (Å²) in [4.78, 5) is 0. The molecule has 0 saturated heterocycles. The molecule has 2 bridgehead atoms. The predicted octanol–water partition coefficient (Wildman–Crippen LogP) is 2.99. The molecule has 0 aromatic heterocycles. The van der Waals surface area contributed by atoms with Crippen LogP contribution in [0.25, 0.3) is 0 Å². The number of fused-ring (bicyclic) bond motifs is 5. The number of rotatable bonds is 0. The number of allylic oxidation sites excluding steroid dienone is 4. The van der Waals surface area contributed by atoms with Crippen molar-refractivity contribution in [2.24, 2.45) is 23.7 Å². The van der Waals surface area contributed by atoms with E-state index in [1.807, 2.05) is 0 Å². The van der Waals surface area contributed by atoms with Crippen molar-refractivity contribution in [2.45, 2.75) is 18.2 Å². The normalized spacial score (nSPS) is 54.6. The van der Waals surface area contributed by atoms with E-state index >= 15 is 0 Å². The molecule has 64 valence electrons. The van der Waals surface area contributed by atoms with Crippen LogP contribution in [0, 0.1) is 23.7 Å². The van der Waals surface area contributed by atoms with E-state index in [-0.39, 0.29) is 0 Å². The van der Waals surface area contributed by atoms with E-state index in [1.54, 1.807) is 0 Å². The Morgan fingerprint density at radius 2 is 1.75 bits per heavy atom. The molecule has 5 unspecified atom stereocenters. The van der Waals surface area contributed by atoms with Gasteiger partial charge in [-0.3, -0.25) is 0 Å². The van der Waals surface area contributed by atoms with Crippen LogP contribution in [0.1, 0.15) is 12.8 Å². The van der Waals surface area contributed by atoms with Gasteiger partial charge in [-0.05, 0) is 36.5 Å². The van der Waals surface area contributed by atoms with E-state index < -0.39 is 0 Å². The van der Waals surface area contributed by atoms with Crippen LogP contribution in [0.3, 0.4) is 0 Å². The van der Waals surface area contributed by atoms with Crippen LogP contribution < -0.4 is 0 Å². The molecule has 1 saturated carbocycles. The SMILES string of the molecule is ClC1C=CC2C3C=CC(C3)C2C1. The maximum Gasteiger partial charge on any atom is 0.0519 e. The van der Waals surface area contributed by atoms with Crippen molar-refractivity contribution in [3.63, 3.8) is 0 Å². The molecule has 3 rings (SSSR count). The third-order valence-electron chi connectivity index (χ3n) is 3.73. The van der Waals surface area contributed by atoms with Crippen LogP contribution in [0.5, 0.6) is 0 Å². The van der Waals surface area contributed by atoms with Crippen molar-refractivity contribution in [3.8, 4) is 0 Å². The van der Waals surface area contributed by atoms with Crippen LogP contribution in [0.15, 0.2) is 24.3 Å². The molecule has 0 aliphatic heterocycles. The van der Waals surface area contributed by atoms with E-state index in [2.05, 4.69) is 24.3 Å². The van der Waals surface area contributed by atoms with Gasteiger partial charge in [0.1, 0.15) is 0 Å². The molecule has 5 atom stereocenters. The lowest BCUT2D eigenvalue weighted by Gasteiger charge is -2.30. The van der Waals surface area contributed by atoms with Crippen molar-refractivity contribution in [1.29, 1.82) is 0 Å². The Hall–Kier alpha value is -0.230. The molecule has 0 aromatic carbocycles. The van der Waals surface area contributed by atoms with Gasteiger partial charge in [0.25, 0.3) is 0 Å². The van der Waals surface area contributed by atoms with E-state index in [0.29, 0.717) is 5.38 Å². The van der Waals surface area contributed by atoms with Crippen molar-refractivity contribution < 1.29 is 0 Å². The molecular weight excluding hydrogens is 168 g/mol. The van der Waals surface area contributed by atoms with Crippen LogP contribution in [-0.2, 0) is 0 Å². The maximum atomic E-state index is 6.11. The molecule has 3 aliphatic rings. The fraction of sp³-hybridized carbons (Fsp3) is 0.636. The second-order valence-corrected chi connectivity index (χ2v) is 4.89. The molecule has 3 aliphatic carbocycles. The molecule has 0 nitrogen and oxygen atoms in total. The molecule has 1 fully saturated rings. The third kappa shape index (κ3) is 0.848. The minimum atomic E-state index is 0.305. The van der Waals surface area contributed by atoms with Gasteiger partial charge in [-0.15, -0.1) is 11.6 Å². The summed E-state index contributed by atoms with van der Waals surface area (Å²) < 4.78 is 0. The zero-order valence-corrected chi connectivity index (χ0v) is 7.74. The summed E-state index contributed by atoms with van der Waals surface area (Å²) in [5.74, 6) is 3.40. The van der Waals surface area contributed by atoms with Gasteiger partial charge in [-0.2, -0.15) is 0 Å². The molecule has 0 heterocycles. The van der Waals surface area contributed by atoms with Gasteiger partial charge in [0, 0.05) is 0 Å². The number of hydrogen-bond donors (Lipinski definition) is 0. The minimum absolute atomic E-state index is 0.305. The third-order valence-corrected chi connectivity index (χ3v) is 4.05. The highest BCUT2D eigenvalue weighted by Crippen LogP contribution is 2.52. The second-order valence-electron chi connectivity index (χ2n) is 4.33. The lowest BCUT2D eigenvalue weighted by atomic mass is 9.77. The van der Waals surface area contributed by atoms with Crippen LogP contribution in [0.2, 0.25) is 0 Å². The fourth-order valence-electron chi connectivity index (χ4n) is 3.17. The molecule has 0 radical (unpaired) electrons. The monoisotopic (exact) mass is 180 g/mol. The largest absolute Gasteiger partial charge is 0.118 e. The minimum Gasteiger partial charge on any atom is -0.118 e. The molecule has 12 heavy (non-hydrogen) atoms. The Kier molecular flexibility index (Phi) is 1.43. The van der Waals surface area contributed by atoms with Gasteiger partial charge in [-0.25, -0.2) is 0 Å². The predicted molar refractivity (Wildman–Crippen MR) is 51.1 cm³/mol. The van der Waals surface area contributed by atoms with Crippen LogP contribution >= 0.6 is 11.6 Å². The van der Waals surface area contributed by atoms with Gasteiger partial charge in [0.15, 0.2) is 0 Å². The van der Waals surface area contributed by atoms with Crippen molar-refractivity contribution >= 4 is 11.6 Å². The van der Waals surface area contributed by atoms with Gasteiger partial charge in [0.2, 0.25) is 0 Å². The fourth-order valence-corrected chi connectivity index (χ4v) is 3.46. The number of hydrogen-bond acceptors (Lipinski definition) is 0. The average Bonchev–Trinajstić information content (AvgIpc) is 2.63. The quantitative estimate of drug-likeness (QED) is 0.397. The summed E-state index contributed by atoms with van der Waals surface area (Å²) in [7, 11) is 0. The lowest BCUT2D eigenvalue weighted by molar-refractivity contribution is 0.335. The molecule has 1 heteroatoms. The van der Waals surface area contributed by atoms with Crippen molar-refractivity contribution in [3.05, 3.63) is 24.3 Å². The zero-order valence-electron chi connectivity index (χ0n) is 6.99. The van der Waals surface area contributed by atoms with Crippen molar-refractivity contribution in [1.82, 2.24) is 0 Å². The standard InChI is InChI=1S/C11H13Cl/c12-9-3-4-10-7-1-2-8(5-7)11(10)6-9/h1-4,7-11H,5-6H2. The van der Waals surface area contributed by atoms with E-state index in [9.17, 15) is 0 Å². The van der Waals surface area contributed by atoms with Gasteiger partial charge in [-0.1, -0.05) is 24.3 Å². The first-order valence-corrected chi connectivity index (χ1v) is 5.29. The molecule has 0 spiro atoms. The average molecular weight is 181 g/mol. The van der Waals surface area contributed by atoms with Gasteiger partial charge >= 0.3 is 0 Å². The summed E-state index contributed by atoms with van der Waals surface area (Å²) >= 11 is 6.11. The van der Waals surface area contributed by atoms with Crippen LogP contribution in [0.4, 0.5) is 0 Å². The maximum absolute atomic E-state index is 6.11. The Bertz CT molecular complexity index is 254. The number of halogens is 1. The van der Waals surface area contributed by atoms with Crippen LogP contribution in [-0.4, -0.2) is 5.38 Å². The first-order valence-electron chi connectivity index (χ1n) is 4.85. The molecule has 0 amide bonds. The first-order chi connectivity index (χ1) is 5.84. The first kappa shape index (κ1) is 7.20. The summed E-state index contributed by atoms with van der Waals surface area (Å²) in [6.07, 6.45) is 12.0. The summed E-state index contributed by atoms with van der Waals surface area (Å²) in [6.45, 7) is 0. The topological polar surface area (TPSA) is 0 Å². The van der Waals surface area contributed by atoms with Gasteiger partial charge < -0.3 is 0 Å². The Balaban J connectivity index is 1.94. The highest BCUT2D eigenvalue weighted by atomic mass is 35.5. The van der Waals surface area contributed by atoms with Crippen molar-refractivity contribution in [2.75, 3.05) is 0 Å². The zero-order chi connectivity index (χ0) is 8.13. The summed E-state index contributed by atoms with van der Waals surface area (Å²) in [5, 5.41) is 0.305. The summed E-state index contributed by atoms with van der Waals surface area (Å²) in [5.41, 5.74) is 0. The second kappa shape index (κ2) is 2.38. The Morgan fingerprint density at radius 1 is 0.917 bits per heavy atom. The summed E-state index contributed by atoms with van der Waals surface area (Å²) in [6, 6.07) is 0. The van der Waals surface area contributed by atoms with E-state index in [1.165, 1.54) is 12.8 Å². The molecule has 0 N–H and O–H groups in total. The molecular formula is C11H13Cl. The highest BCUT2D eigenvalue weighted by molar-refractivity contribution is 6.21. The lowest BCUT2D eigenvalue weighted by Crippen LogP contribution is -2.24. The van der Waals surface area contributed by atoms with Gasteiger partial charge in [0.05, 0.1) is 5.38 Å². The Labute approximate surface area is 78.3 Å². The van der Waals surface area contributed by atoms with E-state index in [0.717, 1.165) is 23.7 Å². The van der Waals surface area contributed by atoms with E-state index in [4.69, 9.17) is 11.6 Å². The highest BCUT2D eigenvalue weighted by Gasteiger charge is 2.44. The number of alkyl halides is 1.